The molecular formula is C13H14N4O3S. The third-order valence-electron chi connectivity index (χ3n) is 2.71. The van der Waals surface area contributed by atoms with E-state index in [9.17, 15) is 9.59 Å². The molecule has 0 bridgehead atoms. The van der Waals surface area contributed by atoms with Gasteiger partial charge >= 0.3 is 12.0 Å². The molecule has 0 radical (unpaired) electrons. The Bertz CT molecular complexity index is 670. The largest absolute Gasteiger partial charge is 0.465 e. The second kappa shape index (κ2) is 6.31. The van der Waals surface area contributed by atoms with E-state index in [2.05, 4.69) is 9.84 Å². The van der Waals surface area contributed by atoms with Crippen LogP contribution in [0.1, 0.15) is 15.9 Å². The Morgan fingerprint density at radius 3 is 2.57 bits per heavy atom. The molecule has 1 aromatic carbocycles. The molecule has 4 N–H and O–H groups in total. The highest BCUT2D eigenvalue weighted by atomic mass is 32.2. The first kappa shape index (κ1) is 14.9. The van der Waals surface area contributed by atoms with Crippen molar-refractivity contribution in [1.82, 2.24) is 9.78 Å². The van der Waals surface area contributed by atoms with E-state index in [-0.39, 0.29) is 11.4 Å². The van der Waals surface area contributed by atoms with Gasteiger partial charge in [0.25, 0.3) is 0 Å². The minimum atomic E-state index is -0.857. The van der Waals surface area contributed by atoms with Crippen molar-refractivity contribution >= 4 is 29.6 Å². The van der Waals surface area contributed by atoms with E-state index in [0.717, 1.165) is 10.2 Å². The molecule has 0 aliphatic rings. The highest BCUT2D eigenvalue weighted by molar-refractivity contribution is 7.98. The number of anilines is 1. The van der Waals surface area contributed by atoms with Crippen LogP contribution in [0.2, 0.25) is 0 Å². The molecule has 0 unspecified atom stereocenters. The van der Waals surface area contributed by atoms with Crippen LogP contribution < -0.4 is 11.5 Å². The first-order chi connectivity index (χ1) is 10.0. The Hall–Kier alpha value is -2.48. The first-order valence-electron chi connectivity index (χ1n) is 5.98. The SMILES string of the molecule is COC(=O)c1c(SCc2ccccc2)nn(C(N)=O)c1N. The number of carbonyl (C=O) groups is 2. The highest BCUT2D eigenvalue weighted by Crippen LogP contribution is 2.29. The summed E-state index contributed by atoms with van der Waals surface area (Å²) in [5.74, 6) is -0.208. The minimum absolute atomic E-state index is 0.0530. The zero-order valence-electron chi connectivity index (χ0n) is 11.3. The second-order valence-corrected chi connectivity index (χ2v) is 5.05. The molecule has 7 nitrogen and oxygen atoms in total. The van der Waals surface area contributed by atoms with Gasteiger partial charge in [-0.15, -0.1) is 0 Å². The van der Waals surface area contributed by atoms with E-state index >= 15 is 0 Å². The van der Waals surface area contributed by atoms with Crippen molar-refractivity contribution in [3.8, 4) is 0 Å². The number of aromatic nitrogens is 2. The summed E-state index contributed by atoms with van der Waals surface area (Å²) in [6, 6.07) is 8.76. The molecule has 2 rings (SSSR count). The Kier molecular flexibility index (Phi) is 4.49. The number of esters is 1. The zero-order chi connectivity index (χ0) is 15.4. The molecule has 0 saturated heterocycles. The molecule has 1 amide bonds. The van der Waals surface area contributed by atoms with Crippen molar-refractivity contribution in [2.24, 2.45) is 5.73 Å². The number of nitrogens with two attached hydrogens (primary N) is 2. The molecule has 1 aromatic heterocycles. The predicted molar refractivity (Wildman–Crippen MR) is 79.0 cm³/mol. The van der Waals surface area contributed by atoms with Gasteiger partial charge < -0.3 is 16.2 Å². The number of primary amides is 1. The summed E-state index contributed by atoms with van der Waals surface area (Å²) in [6.07, 6.45) is 0. The summed E-state index contributed by atoms with van der Waals surface area (Å²) in [7, 11) is 1.23. The topological polar surface area (TPSA) is 113 Å². The predicted octanol–water partition coefficient (Wildman–Crippen LogP) is 1.47. The van der Waals surface area contributed by atoms with Crippen molar-refractivity contribution in [2.45, 2.75) is 10.8 Å². The number of ether oxygens (including phenoxy) is 1. The molecule has 2 aromatic rings. The standard InChI is InChI=1S/C13H14N4O3S/c1-20-12(18)9-10(14)17(13(15)19)16-11(9)21-7-8-5-3-2-4-6-8/h2-6H,7,14H2,1H3,(H2,15,19). The summed E-state index contributed by atoms with van der Waals surface area (Å²) < 4.78 is 5.46. The monoisotopic (exact) mass is 306 g/mol. The van der Waals surface area contributed by atoms with Crippen LogP contribution in [-0.4, -0.2) is 28.9 Å². The van der Waals surface area contributed by atoms with E-state index in [4.69, 9.17) is 11.5 Å². The minimum Gasteiger partial charge on any atom is -0.465 e. The van der Waals surface area contributed by atoms with Gasteiger partial charge in [-0.1, -0.05) is 42.1 Å². The summed E-state index contributed by atoms with van der Waals surface area (Å²) in [6.45, 7) is 0. The maximum absolute atomic E-state index is 11.8. The molecule has 0 fully saturated rings. The van der Waals surface area contributed by atoms with Gasteiger partial charge in [-0.2, -0.15) is 9.78 Å². The lowest BCUT2D eigenvalue weighted by molar-refractivity contribution is 0.0598. The highest BCUT2D eigenvalue weighted by Gasteiger charge is 2.25. The van der Waals surface area contributed by atoms with Crippen LogP contribution in [0.4, 0.5) is 10.6 Å². The van der Waals surface area contributed by atoms with Crippen molar-refractivity contribution in [2.75, 3.05) is 12.8 Å². The number of nitrogen functional groups attached to an aromatic ring is 1. The van der Waals surface area contributed by atoms with Gasteiger partial charge in [0.15, 0.2) is 0 Å². The van der Waals surface area contributed by atoms with Gasteiger partial charge in [0.2, 0.25) is 0 Å². The van der Waals surface area contributed by atoms with Crippen LogP contribution in [-0.2, 0) is 10.5 Å². The average Bonchev–Trinajstić information content (AvgIpc) is 2.82. The second-order valence-electron chi connectivity index (χ2n) is 4.08. The number of carbonyl (C=O) groups excluding carboxylic acids is 2. The lowest BCUT2D eigenvalue weighted by Gasteiger charge is -2.02. The van der Waals surface area contributed by atoms with Gasteiger partial charge in [-0.25, -0.2) is 9.59 Å². The van der Waals surface area contributed by atoms with Crippen molar-refractivity contribution in [3.63, 3.8) is 0 Å². The molecule has 0 spiro atoms. The van der Waals surface area contributed by atoms with Crippen LogP contribution in [0, 0.1) is 0 Å². The molecule has 8 heteroatoms. The fourth-order valence-corrected chi connectivity index (χ4v) is 2.67. The van der Waals surface area contributed by atoms with Gasteiger partial charge in [-0.3, -0.25) is 0 Å². The van der Waals surface area contributed by atoms with Gasteiger partial charge in [0.1, 0.15) is 16.4 Å². The lowest BCUT2D eigenvalue weighted by atomic mass is 10.2. The van der Waals surface area contributed by atoms with E-state index in [1.54, 1.807) is 0 Å². The van der Waals surface area contributed by atoms with Crippen LogP contribution in [0.3, 0.4) is 0 Å². The molecule has 0 atom stereocenters. The number of hydrogen-bond acceptors (Lipinski definition) is 6. The number of benzene rings is 1. The van der Waals surface area contributed by atoms with Crippen molar-refractivity contribution in [3.05, 3.63) is 41.5 Å². The van der Waals surface area contributed by atoms with Crippen molar-refractivity contribution < 1.29 is 14.3 Å². The van der Waals surface area contributed by atoms with Crippen LogP contribution >= 0.6 is 11.8 Å². The number of nitrogens with zero attached hydrogens (tertiary/aromatic N) is 2. The third kappa shape index (κ3) is 3.16. The van der Waals surface area contributed by atoms with Gasteiger partial charge in [0.05, 0.1) is 7.11 Å². The average molecular weight is 306 g/mol. The Morgan fingerprint density at radius 1 is 1.33 bits per heavy atom. The maximum atomic E-state index is 11.8. The molecular weight excluding hydrogens is 292 g/mol. The van der Waals surface area contributed by atoms with Crippen LogP contribution in [0.5, 0.6) is 0 Å². The smallest absolute Gasteiger partial charge is 0.344 e. The maximum Gasteiger partial charge on any atom is 0.344 e. The number of thioether (sulfide) groups is 1. The fraction of sp³-hybridized carbons (Fsp3) is 0.154. The first-order valence-corrected chi connectivity index (χ1v) is 6.96. The molecule has 21 heavy (non-hydrogen) atoms. The van der Waals surface area contributed by atoms with E-state index in [1.807, 2.05) is 30.3 Å². The third-order valence-corrected chi connectivity index (χ3v) is 3.74. The molecule has 110 valence electrons. The Balaban J connectivity index is 2.31. The molecule has 1 heterocycles. The summed E-state index contributed by atoms with van der Waals surface area (Å²) in [5, 5.41) is 4.28. The summed E-state index contributed by atoms with van der Waals surface area (Å²) in [5.41, 5.74) is 12.0. The molecule has 0 aliphatic heterocycles. The van der Waals surface area contributed by atoms with Gasteiger partial charge in [-0.05, 0) is 5.56 Å². The van der Waals surface area contributed by atoms with Crippen molar-refractivity contribution in [1.29, 1.82) is 0 Å². The van der Waals surface area contributed by atoms with Crippen LogP contribution in [0.15, 0.2) is 35.4 Å². The molecule has 0 aliphatic carbocycles. The van der Waals surface area contributed by atoms with E-state index < -0.39 is 12.0 Å². The van der Waals surface area contributed by atoms with E-state index in [0.29, 0.717) is 10.8 Å². The quantitative estimate of drug-likeness (QED) is 0.653. The molecule has 0 saturated carbocycles. The zero-order valence-corrected chi connectivity index (χ0v) is 12.1. The number of hydrogen-bond donors (Lipinski definition) is 2. The Morgan fingerprint density at radius 2 is 2.00 bits per heavy atom. The van der Waals surface area contributed by atoms with Crippen LogP contribution in [0.25, 0.3) is 0 Å². The summed E-state index contributed by atoms with van der Waals surface area (Å²) >= 11 is 1.28. The lowest BCUT2D eigenvalue weighted by Crippen LogP contribution is -2.23. The van der Waals surface area contributed by atoms with E-state index in [1.165, 1.54) is 18.9 Å². The number of amides is 1. The normalized spacial score (nSPS) is 10.3. The fourth-order valence-electron chi connectivity index (χ4n) is 1.70. The van der Waals surface area contributed by atoms with Gasteiger partial charge in [0, 0.05) is 5.75 Å². The Labute approximate surface area is 125 Å². The number of methoxy groups -OCH3 is 1. The summed E-state index contributed by atoms with van der Waals surface area (Å²) in [4.78, 5) is 23.0. The number of rotatable bonds is 4.